The normalized spacial score (nSPS) is 17.8. The lowest BCUT2D eigenvalue weighted by Crippen LogP contribution is -2.38. The van der Waals surface area contributed by atoms with Crippen molar-refractivity contribution >= 4 is 17.4 Å². The summed E-state index contributed by atoms with van der Waals surface area (Å²) in [6.07, 6.45) is 0. The third-order valence-electron chi connectivity index (χ3n) is 6.65. The summed E-state index contributed by atoms with van der Waals surface area (Å²) in [4.78, 5) is 30.0. The van der Waals surface area contributed by atoms with Crippen LogP contribution < -0.4 is 4.74 Å². The minimum atomic E-state index is -1.02. The first-order valence-corrected chi connectivity index (χ1v) is 12.6. The number of nitrogens with zero attached hydrogens (tertiary/aromatic N) is 2. The Morgan fingerprint density at radius 3 is 2.33 bits per heavy atom. The monoisotopic (exact) mass is 496 g/mol. The van der Waals surface area contributed by atoms with Gasteiger partial charge in [-0.15, -0.1) is 0 Å². The molecule has 194 valence electrons. The van der Waals surface area contributed by atoms with Crippen LogP contribution in [-0.2, 0) is 15.0 Å². The van der Waals surface area contributed by atoms with E-state index in [0.29, 0.717) is 24.5 Å². The van der Waals surface area contributed by atoms with Crippen molar-refractivity contribution in [1.29, 1.82) is 0 Å². The fourth-order valence-corrected chi connectivity index (χ4v) is 4.62. The van der Waals surface area contributed by atoms with Crippen molar-refractivity contribution in [3.8, 4) is 5.75 Å². The molecular formula is C29H37FN2O4. The highest BCUT2D eigenvalue weighted by Gasteiger charge is 2.47. The van der Waals surface area contributed by atoms with Crippen LogP contribution in [0.5, 0.6) is 5.75 Å². The molecule has 1 N–H and O–H groups in total. The van der Waals surface area contributed by atoms with Gasteiger partial charge in [0.1, 0.15) is 17.3 Å². The number of hydrogen-bond donors (Lipinski definition) is 1. The van der Waals surface area contributed by atoms with Gasteiger partial charge in [0, 0.05) is 29.8 Å². The first-order valence-electron chi connectivity index (χ1n) is 12.6. The number of likely N-dealkylation sites (N-methyl/N-ethyl adjacent to an activating group) is 1. The summed E-state index contributed by atoms with van der Waals surface area (Å²) in [7, 11) is 0. The molecule has 36 heavy (non-hydrogen) atoms. The minimum Gasteiger partial charge on any atom is -0.507 e. The lowest BCUT2D eigenvalue weighted by molar-refractivity contribution is -0.140. The summed E-state index contributed by atoms with van der Waals surface area (Å²) < 4.78 is 20.8. The molecule has 1 amide bonds. The molecule has 0 aromatic heterocycles. The maximum atomic E-state index is 15.0. The van der Waals surface area contributed by atoms with Crippen molar-refractivity contribution in [2.24, 2.45) is 0 Å². The molecule has 0 bridgehead atoms. The number of ketones is 1. The quantitative estimate of drug-likeness (QED) is 0.290. The van der Waals surface area contributed by atoms with Crippen molar-refractivity contribution in [2.75, 3.05) is 32.8 Å². The molecule has 0 aliphatic carbocycles. The van der Waals surface area contributed by atoms with Gasteiger partial charge in [-0.1, -0.05) is 52.8 Å². The zero-order chi connectivity index (χ0) is 26.6. The van der Waals surface area contributed by atoms with Crippen LogP contribution in [0.15, 0.2) is 48.0 Å². The molecule has 1 aliphatic heterocycles. The van der Waals surface area contributed by atoms with Crippen LogP contribution in [0.3, 0.4) is 0 Å². The Morgan fingerprint density at radius 1 is 1.08 bits per heavy atom. The van der Waals surface area contributed by atoms with Gasteiger partial charge in [-0.25, -0.2) is 4.39 Å². The first-order chi connectivity index (χ1) is 17.0. The number of ether oxygens (including phenoxy) is 1. The Labute approximate surface area is 213 Å². The topological polar surface area (TPSA) is 70.1 Å². The molecule has 3 rings (SSSR count). The molecule has 2 aromatic carbocycles. The summed E-state index contributed by atoms with van der Waals surface area (Å²) in [5.74, 6) is -1.72. The van der Waals surface area contributed by atoms with Crippen LogP contribution in [0, 0.1) is 5.82 Å². The van der Waals surface area contributed by atoms with Gasteiger partial charge in [-0.3, -0.25) is 9.59 Å². The predicted molar refractivity (Wildman–Crippen MR) is 140 cm³/mol. The lowest BCUT2D eigenvalue weighted by atomic mass is 9.84. The van der Waals surface area contributed by atoms with Crippen molar-refractivity contribution in [3.05, 3.63) is 70.5 Å². The smallest absolute Gasteiger partial charge is 0.295 e. The largest absolute Gasteiger partial charge is 0.507 e. The number of benzene rings is 2. The number of halogens is 1. The maximum Gasteiger partial charge on any atom is 0.295 e. The molecule has 1 unspecified atom stereocenters. The molecule has 1 atom stereocenters. The summed E-state index contributed by atoms with van der Waals surface area (Å²) in [5.41, 5.74) is 1.01. The van der Waals surface area contributed by atoms with Crippen molar-refractivity contribution in [1.82, 2.24) is 9.80 Å². The van der Waals surface area contributed by atoms with Crippen LogP contribution in [0.1, 0.15) is 64.3 Å². The van der Waals surface area contributed by atoms with Crippen molar-refractivity contribution in [2.45, 2.75) is 53.0 Å². The Balaban J connectivity index is 2.18. The number of amides is 1. The minimum absolute atomic E-state index is 0.103. The number of Topliss-reactive ketones (excluding diaryl/α,β-unsaturated/α-hetero) is 1. The van der Waals surface area contributed by atoms with Gasteiger partial charge in [0.2, 0.25) is 0 Å². The Bertz CT molecular complexity index is 1150. The molecule has 1 fully saturated rings. The lowest BCUT2D eigenvalue weighted by Gasteiger charge is -2.28. The van der Waals surface area contributed by atoms with E-state index >= 15 is 4.39 Å². The molecule has 1 saturated heterocycles. The van der Waals surface area contributed by atoms with Crippen LogP contribution in [0.25, 0.3) is 5.76 Å². The molecule has 2 aromatic rings. The Kier molecular flexibility index (Phi) is 8.56. The summed E-state index contributed by atoms with van der Waals surface area (Å²) in [6, 6.07) is 10.3. The maximum absolute atomic E-state index is 15.0. The van der Waals surface area contributed by atoms with Gasteiger partial charge in [0.25, 0.3) is 11.7 Å². The van der Waals surface area contributed by atoms with Gasteiger partial charge < -0.3 is 19.6 Å². The molecule has 1 aliphatic rings. The zero-order valence-electron chi connectivity index (χ0n) is 22.1. The summed E-state index contributed by atoms with van der Waals surface area (Å²) in [5, 5.41) is 11.4. The second-order valence-electron chi connectivity index (χ2n) is 9.93. The van der Waals surface area contributed by atoms with Crippen molar-refractivity contribution in [3.63, 3.8) is 0 Å². The SMILES string of the molecule is CCOc1ccc(/C(O)=C2\C(=O)C(=O)N(CCN(CC)CC)C2c2ccccc2F)cc1C(C)(C)C. The van der Waals surface area contributed by atoms with Gasteiger partial charge in [-0.05, 0) is 49.7 Å². The van der Waals surface area contributed by atoms with E-state index in [9.17, 15) is 14.7 Å². The zero-order valence-corrected chi connectivity index (χ0v) is 22.1. The number of carbonyl (C=O) groups excluding carboxylic acids is 2. The second kappa shape index (κ2) is 11.2. The van der Waals surface area contributed by atoms with E-state index in [0.717, 1.165) is 18.7 Å². The van der Waals surface area contributed by atoms with E-state index < -0.39 is 23.5 Å². The number of aliphatic hydroxyl groups excluding tert-OH is 1. The van der Waals surface area contributed by atoms with E-state index in [1.54, 1.807) is 36.4 Å². The molecule has 7 heteroatoms. The van der Waals surface area contributed by atoms with Gasteiger partial charge in [-0.2, -0.15) is 0 Å². The number of hydrogen-bond acceptors (Lipinski definition) is 5. The molecule has 0 spiro atoms. The summed E-state index contributed by atoms with van der Waals surface area (Å²) in [6.45, 7) is 14.8. The fourth-order valence-electron chi connectivity index (χ4n) is 4.62. The first kappa shape index (κ1) is 27.4. The molecule has 1 heterocycles. The van der Waals surface area contributed by atoms with E-state index in [2.05, 4.69) is 4.90 Å². The standard InChI is InChI=1S/C29H37FN2O4/c1-7-31(8-2)16-17-32-25(20-12-10-11-13-22(20)30)24(27(34)28(32)35)26(33)19-14-15-23(36-9-3)21(18-19)29(4,5)6/h10-15,18,25,33H,7-9,16-17H2,1-6H3/b26-24+. The third-order valence-corrected chi connectivity index (χ3v) is 6.65. The van der Waals surface area contributed by atoms with Crippen LogP contribution in [0.2, 0.25) is 0 Å². The van der Waals surface area contributed by atoms with Gasteiger partial charge >= 0.3 is 0 Å². The van der Waals surface area contributed by atoms with E-state index in [-0.39, 0.29) is 28.9 Å². The number of likely N-dealkylation sites (tertiary alicyclic amines) is 1. The summed E-state index contributed by atoms with van der Waals surface area (Å²) >= 11 is 0. The number of carbonyl (C=O) groups is 2. The van der Waals surface area contributed by atoms with Crippen LogP contribution >= 0.6 is 0 Å². The predicted octanol–water partition coefficient (Wildman–Crippen LogP) is 5.29. The van der Waals surface area contributed by atoms with E-state index in [4.69, 9.17) is 4.74 Å². The molecule has 6 nitrogen and oxygen atoms in total. The van der Waals surface area contributed by atoms with Gasteiger partial charge in [0.15, 0.2) is 0 Å². The highest BCUT2D eigenvalue weighted by Crippen LogP contribution is 2.41. The van der Waals surface area contributed by atoms with E-state index in [1.807, 2.05) is 41.5 Å². The van der Waals surface area contributed by atoms with E-state index in [1.165, 1.54) is 11.0 Å². The average Bonchev–Trinajstić information content (AvgIpc) is 3.09. The van der Waals surface area contributed by atoms with Crippen LogP contribution in [0.4, 0.5) is 4.39 Å². The van der Waals surface area contributed by atoms with Gasteiger partial charge in [0.05, 0.1) is 18.2 Å². The number of rotatable bonds is 9. The highest BCUT2D eigenvalue weighted by atomic mass is 19.1. The Hall–Kier alpha value is -3.19. The third kappa shape index (κ3) is 5.46. The van der Waals surface area contributed by atoms with Crippen LogP contribution in [-0.4, -0.2) is 59.4 Å². The second-order valence-corrected chi connectivity index (χ2v) is 9.93. The average molecular weight is 497 g/mol. The molecule has 0 saturated carbocycles. The Morgan fingerprint density at radius 2 is 1.75 bits per heavy atom. The molecule has 0 radical (unpaired) electrons. The fraction of sp³-hybridized carbons (Fsp3) is 0.448. The van der Waals surface area contributed by atoms with Crippen molar-refractivity contribution < 1.29 is 23.8 Å². The number of aliphatic hydroxyl groups is 1. The highest BCUT2D eigenvalue weighted by molar-refractivity contribution is 6.46. The molecular weight excluding hydrogens is 459 g/mol.